The van der Waals surface area contributed by atoms with Crippen LogP contribution < -0.4 is 5.73 Å². The zero-order chi connectivity index (χ0) is 14.9. The normalized spacial score (nSPS) is 21.6. The van der Waals surface area contributed by atoms with Crippen molar-refractivity contribution in [2.75, 3.05) is 32.7 Å². The third-order valence-corrected chi connectivity index (χ3v) is 6.21. The lowest BCUT2D eigenvalue weighted by atomic mass is 10.2. The van der Waals surface area contributed by atoms with Crippen LogP contribution in [-0.4, -0.2) is 50.3 Å². The smallest absolute Gasteiger partial charge is 0.243 e. The first-order valence-electron chi connectivity index (χ1n) is 7.61. The molecule has 6 heteroatoms. The van der Waals surface area contributed by atoms with E-state index in [1.165, 1.54) is 12.8 Å². The molecular weight excluding hydrogens is 286 g/mol. The second-order valence-electron chi connectivity index (χ2n) is 6.00. The van der Waals surface area contributed by atoms with Crippen molar-refractivity contribution in [3.8, 4) is 0 Å². The fraction of sp³-hybridized carbons (Fsp3) is 0.600. The van der Waals surface area contributed by atoms with Gasteiger partial charge in [-0.15, -0.1) is 0 Å². The number of sulfonamides is 1. The van der Waals surface area contributed by atoms with Crippen LogP contribution in [-0.2, 0) is 16.6 Å². The predicted octanol–water partition coefficient (Wildman–Crippen LogP) is 0.862. The van der Waals surface area contributed by atoms with Gasteiger partial charge in [-0.05, 0) is 36.5 Å². The fourth-order valence-electron chi connectivity index (χ4n) is 2.80. The van der Waals surface area contributed by atoms with Crippen LogP contribution in [0.25, 0.3) is 0 Å². The maximum Gasteiger partial charge on any atom is 0.243 e. The lowest BCUT2D eigenvalue weighted by Crippen LogP contribution is -2.49. The molecule has 1 aromatic rings. The van der Waals surface area contributed by atoms with Crippen molar-refractivity contribution in [1.29, 1.82) is 0 Å². The van der Waals surface area contributed by atoms with Crippen LogP contribution in [0.1, 0.15) is 18.4 Å². The molecule has 1 aromatic carbocycles. The number of hydrogen-bond acceptors (Lipinski definition) is 4. The highest BCUT2D eigenvalue weighted by Crippen LogP contribution is 2.30. The Hall–Kier alpha value is -0.950. The summed E-state index contributed by atoms with van der Waals surface area (Å²) in [5.74, 6) is 0.856. The summed E-state index contributed by atoms with van der Waals surface area (Å²) in [6.07, 6.45) is 2.68. The topological polar surface area (TPSA) is 66.6 Å². The minimum Gasteiger partial charge on any atom is -0.326 e. The molecule has 0 unspecified atom stereocenters. The van der Waals surface area contributed by atoms with E-state index < -0.39 is 10.0 Å². The Morgan fingerprint density at radius 2 is 1.86 bits per heavy atom. The average Bonchev–Trinajstić information content (AvgIpc) is 3.32. The highest BCUT2D eigenvalue weighted by molar-refractivity contribution is 7.89. The van der Waals surface area contributed by atoms with Crippen molar-refractivity contribution in [1.82, 2.24) is 9.21 Å². The van der Waals surface area contributed by atoms with E-state index in [4.69, 9.17) is 5.73 Å². The van der Waals surface area contributed by atoms with E-state index in [1.54, 1.807) is 22.5 Å². The molecule has 1 saturated heterocycles. The van der Waals surface area contributed by atoms with Gasteiger partial charge >= 0.3 is 0 Å². The molecule has 1 aliphatic heterocycles. The lowest BCUT2D eigenvalue weighted by Gasteiger charge is -2.34. The SMILES string of the molecule is NCc1cccc(S(=O)(=O)N2CCN(CC3CC3)CC2)c1. The summed E-state index contributed by atoms with van der Waals surface area (Å²) in [5.41, 5.74) is 6.45. The molecular formula is C15H23N3O2S. The largest absolute Gasteiger partial charge is 0.326 e. The molecule has 0 bridgehead atoms. The second-order valence-corrected chi connectivity index (χ2v) is 7.94. The van der Waals surface area contributed by atoms with E-state index >= 15 is 0 Å². The molecule has 116 valence electrons. The van der Waals surface area contributed by atoms with E-state index in [1.807, 2.05) is 6.07 Å². The van der Waals surface area contributed by atoms with Gasteiger partial charge in [0.25, 0.3) is 0 Å². The monoisotopic (exact) mass is 309 g/mol. The Labute approximate surface area is 126 Å². The zero-order valence-corrected chi connectivity index (χ0v) is 13.1. The van der Waals surface area contributed by atoms with Crippen molar-refractivity contribution in [3.05, 3.63) is 29.8 Å². The van der Waals surface area contributed by atoms with Crippen LogP contribution in [0, 0.1) is 5.92 Å². The summed E-state index contributed by atoms with van der Waals surface area (Å²) in [6.45, 7) is 4.34. The maximum absolute atomic E-state index is 12.7. The van der Waals surface area contributed by atoms with Crippen LogP contribution in [0.5, 0.6) is 0 Å². The number of rotatable bonds is 5. The Morgan fingerprint density at radius 1 is 1.14 bits per heavy atom. The van der Waals surface area contributed by atoms with Crippen molar-refractivity contribution in [3.63, 3.8) is 0 Å². The molecule has 1 saturated carbocycles. The molecule has 0 radical (unpaired) electrons. The third-order valence-electron chi connectivity index (χ3n) is 4.32. The molecule has 2 aliphatic rings. The van der Waals surface area contributed by atoms with Crippen LogP contribution >= 0.6 is 0 Å². The van der Waals surface area contributed by atoms with Crippen LogP contribution in [0.4, 0.5) is 0 Å². The van der Waals surface area contributed by atoms with Gasteiger partial charge in [0.2, 0.25) is 10.0 Å². The number of nitrogens with two attached hydrogens (primary N) is 1. The lowest BCUT2D eigenvalue weighted by molar-refractivity contribution is 0.182. The summed E-state index contributed by atoms with van der Waals surface area (Å²) in [6, 6.07) is 6.96. The highest BCUT2D eigenvalue weighted by atomic mass is 32.2. The Morgan fingerprint density at radius 3 is 2.48 bits per heavy atom. The molecule has 0 spiro atoms. The molecule has 1 heterocycles. The minimum atomic E-state index is -3.38. The van der Waals surface area contributed by atoms with Gasteiger partial charge in [0.15, 0.2) is 0 Å². The Balaban J connectivity index is 1.67. The molecule has 2 N–H and O–H groups in total. The first-order chi connectivity index (χ1) is 10.1. The predicted molar refractivity (Wildman–Crippen MR) is 82.3 cm³/mol. The van der Waals surface area contributed by atoms with Crippen LogP contribution in [0.3, 0.4) is 0 Å². The first kappa shape index (κ1) is 15.0. The van der Waals surface area contributed by atoms with Gasteiger partial charge in [-0.3, -0.25) is 0 Å². The third kappa shape index (κ3) is 3.45. The van der Waals surface area contributed by atoms with Gasteiger partial charge in [-0.1, -0.05) is 12.1 Å². The molecule has 5 nitrogen and oxygen atoms in total. The summed E-state index contributed by atoms with van der Waals surface area (Å²) < 4.78 is 26.9. The standard InChI is InChI=1S/C15H23N3O2S/c16-11-14-2-1-3-15(10-14)21(19,20)18-8-6-17(7-9-18)12-13-4-5-13/h1-3,10,13H,4-9,11-12,16H2. The number of piperazine rings is 1. The fourth-order valence-corrected chi connectivity index (χ4v) is 4.29. The van der Waals surface area contributed by atoms with Gasteiger partial charge in [-0.2, -0.15) is 4.31 Å². The summed E-state index contributed by atoms with van der Waals surface area (Å²) >= 11 is 0. The Kier molecular flexibility index (Phi) is 4.31. The van der Waals surface area contributed by atoms with E-state index in [0.717, 1.165) is 31.1 Å². The molecule has 3 rings (SSSR count). The van der Waals surface area contributed by atoms with Crippen molar-refractivity contribution >= 4 is 10.0 Å². The van der Waals surface area contributed by atoms with Gasteiger partial charge in [-0.25, -0.2) is 8.42 Å². The maximum atomic E-state index is 12.7. The van der Waals surface area contributed by atoms with Crippen molar-refractivity contribution in [2.24, 2.45) is 11.7 Å². The second kappa shape index (κ2) is 6.04. The van der Waals surface area contributed by atoms with Crippen LogP contribution in [0.15, 0.2) is 29.2 Å². The van der Waals surface area contributed by atoms with E-state index in [-0.39, 0.29) is 0 Å². The first-order valence-corrected chi connectivity index (χ1v) is 9.05. The van der Waals surface area contributed by atoms with Crippen LogP contribution in [0.2, 0.25) is 0 Å². The van der Waals surface area contributed by atoms with E-state index in [9.17, 15) is 8.42 Å². The summed E-state index contributed by atoms with van der Waals surface area (Å²) in [5, 5.41) is 0. The van der Waals surface area contributed by atoms with Gasteiger partial charge < -0.3 is 10.6 Å². The molecule has 0 amide bonds. The molecule has 1 aliphatic carbocycles. The van der Waals surface area contributed by atoms with Crippen molar-refractivity contribution < 1.29 is 8.42 Å². The molecule has 2 fully saturated rings. The van der Waals surface area contributed by atoms with Gasteiger partial charge in [0, 0.05) is 39.3 Å². The summed E-state index contributed by atoms with van der Waals surface area (Å²) in [7, 11) is -3.38. The minimum absolute atomic E-state index is 0.360. The van der Waals surface area contributed by atoms with Gasteiger partial charge in [0.1, 0.15) is 0 Å². The quantitative estimate of drug-likeness (QED) is 0.876. The van der Waals surface area contributed by atoms with E-state index in [2.05, 4.69) is 4.90 Å². The molecule has 21 heavy (non-hydrogen) atoms. The molecule has 0 atom stereocenters. The number of hydrogen-bond donors (Lipinski definition) is 1. The van der Waals surface area contributed by atoms with E-state index in [0.29, 0.717) is 24.5 Å². The number of benzene rings is 1. The van der Waals surface area contributed by atoms with Gasteiger partial charge in [0.05, 0.1) is 4.90 Å². The highest BCUT2D eigenvalue weighted by Gasteiger charge is 2.31. The zero-order valence-electron chi connectivity index (χ0n) is 12.2. The number of nitrogens with zero attached hydrogens (tertiary/aromatic N) is 2. The Bertz CT molecular complexity index is 591. The van der Waals surface area contributed by atoms with Crippen molar-refractivity contribution in [2.45, 2.75) is 24.3 Å². The molecule has 0 aromatic heterocycles. The average molecular weight is 309 g/mol. The summed E-state index contributed by atoms with van der Waals surface area (Å²) in [4.78, 5) is 2.75.